The van der Waals surface area contributed by atoms with Gasteiger partial charge < -0.3 is 19.1 Å². The molecule has 2 saturated heterocycles. The number of ether oxygens (including phenoxy) is 3. The molecule has 3 atom stereocenters. The molecule has 6 rings (SSSR count). The van der Waals surface area contributed by atoms with Crippen molar-refractivity contribution >= 4 is 17.5 Å². The lowest BCUT2D eigenvalue weighted by Crippen LogP contribution is -2.29. The van der Waals surface area contributed by atoms with E-state index in [0.717, 1.165) is 43.1 Å². The highest BCUT2D eigenvalue weighted by Crippen LogP contribution is 2.60. The molecule has 2 aliphatic heterocycles. The summed E-state index contributed by atoms with van der Waals surface area (Å²) in [5.74, 6) is 2.08. The first-order chi connectivity index (χ1) is 16.6. The highest BCUT2D eigenvalue weighted by atomic mass is 35.5. The maximum atomic E-state index is 13.6. The second-order valence-corrected chi connectivity index (χ2v) is 9.58. The third-order valence-corrected chi connectivity index (χ3v) is 7.45. The Labute approximate surface area is 201 Å². The first-order valence-electron chi connectivity index (χ1n) is 11.4. The number of methoxy groups -OCH3 is 1. The molecule has 4 heterocycles. The van der Waals surface area contributed by atoms with E-state index >= 15 is 0 Å². The summed E-state index contributed by atoms with van der Waals surface area (Å²) in [6, 6.07) is 8.46. The van der Waals surface area contributed by atoms with Crippen molar-refractivity contribution < 1.29 is 18.6 Å². The van der Waals surface area contributed by atoms with Crippen LogP contribution in [0.5, 0.6) is 5.88 Å². The molecule has 3 aliphatic rings. The molecule has 8 nitrogen and oxygen atoms in total. The zero-order valence-electron chi connectivity index (χ0n) is 18.8. The van der Waals surface area contributed by atoms with Crippen LogP contribution < -0.4 is 9.64 Å². The third-order valence-electron chi connectivity index (χ3n) is 7.13. The second kappa shape index (κ2) is 8.48. The van der Waals surface area contributed by atoms with E-state index in [9.17, 15) is 4.39 Å². The Hall–Kier alpha value is -2.75. The number of hydrogen-bond acceptors (Lipinski definition) is 7. The van der Waals surface area contributed by atoms with Crippen molar-refractivity contribution in [1.29, 1.82) is 0 Å². The number of benzene rings is 1. The largest absolute Gasteiger partial charge is 0.481 e. The standard InChI is InChI=1S/C24H25ClFN5O3/c1-32-22-5-3-17(10-27-22)31-21(13-34-18-6-7-33-12-18)28-29-23(31)30-11-15-9-24(15,14-30)19-4-2-16(26)8-20(19)25/h2-5,8,10,15,18H,6-7,9,11-14H2,1H3/t15-,18-,24-/m0/s1. The summed E-state index contributed by atoms with van der Waals surface area (Å²) in [7, 11) is 1.59. The maximum absolute atomic E-state index is 13.6. The molecule has 3 aromatic rings. The number of pyridine rings is 1. The van der Waals surface area contributed by atoms with Crippen LogP contribution in [0, 0.1) is 11.7 Å². The van der Waals surface area contributed by atoms with Crippen LogP contribution >= 0.6 is 11.6 Å². The van der Waals surface area contributed by atoms with Crippen LogP contribution in [0.3, 0.4) is 0 Å². The van der Waals surface area contributed by atoms with E-state index in [1.807, 2.05) is 22.8 Å². The van der Waals surface area contributed by atoms with E-state index in [2.05, 4.69) is 20.1 Å². The quantitative estimate of drug-likeness (QED) is 0.506. The lowest BCUT2D eigenvalue weighted by Gasteiger charge is -2.23. The summed E-state index contributed by atoms with van der Waals surface area (Å²) >= 11 is 6.44. The normalized spacial score (nSPS) is 25.6. The van der Waals surface area contributed by atoms with Crippen molar-refractivity contribution in [3.63, 3.8) is 0 Å². The van der Waals surface area contributed by atoms with Crippen LogP contribution in [-0.2, 0) is 21.5 Å². The minimum absolute atomic E-state index is 0.0610. The molecular weight excluding hydrogens is 461 g/mol. The van der Waals surface area contributed by atoms with Gasteiger partial charge in [0.25, 0.3) is 0 Å². The molecule has 34 heavy (non-hydrogen) atoms. The van der Waals surface area contributed by atoms with Gasteiger partial charge in [0, 0.05) is 36.2 Å². The van der Waals surface area contributed by atoms with E-state index in [1.54, 1.807) is 13.3 Å². The summed E-state index contributed by atoms with van der Waals surface area (Å²) in [5, 5.41) is 9.51. The Balaban J connectivity index is 1.31. The van der Waals surface area contributed by atoms with Gasteiger partial charge in [-0.25, -0.2) is 9.37 Å². The molecule has 2 aromatic heterocycles. The van der Waals surface area contributed by atoms with Crippen molar-refractivity contribution in [2.24, 2.45) is 5.92 Å². The molecule has 3 fully saturated rings. The smallest absolute Gasteiger partial charge is 0.232 e. The van der Waals surface area contributed by atoms with E-state index in [1.165, 1.54) is 12.1 Å². The van der Waals surface area contributed by atoms with E-state index < -0.39 is 0 Å². The van der Waals surface area contributed by atoms with E-state index in [0.29, 0.717) is 42.5 Å². The van der Waals surface area contributed by atoms with Crippen molar-refractivity contribution in [3.05, 3.63) is 58.8 Å². The highest BCUT2D eigenvalue weighted by molar-refractivity contribution is 6.31. The maximum Gasteiger partial charge on any atom is 0.232 e. The lowest BCUT2D eigenvalue weighted by atomic mass is 9.95. The molecule has 10 heteroatoms. The van der Waals surface area contributed by atoms with Gasteiger partial charge in [-0.2, -0.15) is 0 Å². The summed E-state index contributed by atoms with van der Waals surface area (Å²) in [6.07, 6.45) is 3.72. The van der Waals surface area contributed by atoms with Gasteiger partial charge in [-0.05, 0) is 42.5 Å². The predicted molar refractivity (Wildman–Crippen MR) is 123 cm³/mol. The zero-order chi connectivity index (χ0) is 23.3. The van der Waals surface area contributed by atoms with Gasteiger partial charge in [0.15, 0.2) is 5.82 Å². The second-order valence-electron chi connectivity index (χ2n) is 9.17. The Kier molecular flexibility index (Phi) is 5.43. The average molecular weight is 486 g/mol. The number of fused-ring (bicyclic) bond motifs is 1. The van der Waals surface area contributed by atoms with Gasteiger partial charge in [-0.1, -0.05) is 17.7 Å². The van der Waals surface area contributed by atoms with Crippen LogP contribution in [0.2, 0.25) is 5.02 Å². The number of aromatic nitrogens is 4. The van der Waals surface area contributed by atoms with Crippen molar-refractivity contribution in [3.8, 4) is 11.6 Å². The minimum Gasteiger partial charge on any atom is -0.481 e. The fraction of sp³-hybridized carbons (Fsp3) is 0.458. The van der Waals surface area contributed by atoms with Gasteiger partial charge in [0.1, 0.15) is 12.4 Å². The number of halogens is 2. The topological polar surface area (TPSA) is 74.5 Å². The molecule has 0 radical (unpaired) electrons. The zero-order valence-corrected chi connectivity index (χ0v) is 19.5. The molecule has 178 valence electrons. The first-order valence-corrected chi connectivity index (χ1v) is 11.8. The monoisotopic (exact) mass is 485 g/mol. The Bertz CT molecular complexity index is 1200. The number of nitrogens with zero attached hydrogens (tertiary/aromatic N) is 5. The Morgan fingerprint density at radius 1 is 1.26 bits per heavy atom. The van der Waals surface area contributed by atoms with Crippen LogP contribution in [-0.4, -0.2) is 59.3 Å². The van der Waals surface area contributed by atoms with Gasteiger partial charge in [0.2, 0.25) is 11.8 Å². The third kappa shape index (κ3) is 3.72. The lowest BCUT2D eigenvalue weighted by molar-refractivity contribution is 0.0277. The summed E-state index contributed by atoms with van der Waals surface area (Å²) in [4.78, 5) is 6.60. The number of piperidine rings is 1. The van der Waals surface area contributed by atoms with E-state index in [4.69, 9.17) is 25.8 Å². The number of anilines is 1. The van der Waals surface area contributed by atoms with Crippen LogP contribution in [0.15, 0.2) is 36.5 Å². The van der Waals surface area contributed by atoms with Gasteiger partial charge in [0.05, 0.1) is 31.7 Å². The minimum atomic E-state index is -0.318. The van der Waals surface area contributed by atoms with Crippen molar-refractivity contribution in [2.75, 3.05) is 38.3 Å². The number of rotatable bonds is 7. The van der Waals surface area contributed by atoms with Crippen LogP contribution in [0.1, 0.15) is 24.2 Å². The summed E-state index contributed by atoms with van der Waals surface area (Å²) < 4.78 is 32.3. The Morgan fingerprint density at radius 2 is 2.18 bits per heavy atom. The van der Waals surface area contributed by atoms with Gasteiger partial charge >= 0.3 is 0 Å². The summed E-state index contributed by atoms with van der Waals surface area (Å²) in [6.45, 7) is 3.20. The molecule has 0 spiro atoms. The first kappa shape index (κ1) is 21.8. The van der Waals surface area contributed by atoms with Crippen LogP contribution in [0.4, 0.5) is 10.3 Å². The molecular formula is C24H25ClFN5O3. The van der Waals surface area contributed by atoms with E-state index in [-0.39, 0.29) is 17.3 Å². The number of hydrogen-bond donors (Lipinski definition) is 0. The molecule has 0 bridgehead atoms. The van der Waals surface area contributed by atoms with Crippen molar-refractivity contribution in [2.45, 2.75) is 31.0 Å². The SMILES string of the molecule is COc1ccc(-n2c(CO[C@H]3CCOC3)nnc2N2C[C@@H]3C[C@]3(c3ccc(F)cc3Cl)C2)cn1. The van der Waals surface area contributed by atoms with Crippen LogP contribution in [0.25, 0.3) is 5.69 Å². The average Bonchev–Trinajstić information content (AvgIpc) is 3.27. The molecule has 0 unspecified atom stereocenters. The van der Waals surface area contributed by atoms with Gasteiger partial charge in [-0.15, -0.1) is 10.2 Å². The fourth-order valence-electron chi connectivity index (χ4n) is 5.28. The fourth-order valence-corrected chi connectivity index (χ4v) is 5.63. The molecule has 0 N–H and O–H groups in total. The van der Waals surface area contributed by atoms with Gasteiger partial charge in [-0.3, -0.25) is 4.57 Å². The molecule has 1 aliphatic carbocycles. The Morgan fingerprint density at radius 3 is 2.91 bits per heavy atom. The van der Waals surface area contributed by atoms with Crippen molar-refractivity contribution in [1.82, 2.24) is 19.7 Å². The summed E-state index contributed by atoms with van der Waals surface area (Å²) in [5.41, 5.74) is 1.75. The molecule has 0 amide bonds. The molecule has 1 saturated carbocycles. The highest BCUT2D eigenvalue weighted by Gasteiger charge is 2.62. The predicted octanol–water partition coefficient (Wildman–Crippen LogP) is 3.55. The molecule has 1 aromatic carbocycles.